The third-order valence-corrected chi connectivity index (χ3v) is 3.59. The highest BCUT2D eigenvalue weighted by atomic mass is 79.9. The van der Waals surface area contributed by atoms with E-state index in [0.717, 1.165) is 12.8 Å². The van der Waals surface area contributed by atoms with E-state index in [1.807, 2.05) is 0 Å². The average molecular weight is 330 g/mol. The normalized spacial score (nSPS) is 15.9. The molecule has 0 aromatic heterocycles. The number of aliphatic carboxylic acids is 1. The number of rotatable bonds is 6. The van der Waals surface area contributed by atoms with Gasteiger partial charge in [0.15, 0.2) is 11.5 Å². The summed E-state index contributed by atoms with van der Waals surface area (Å²) in [5.74, 6) is -0.557. The zero-order chi connectivity index (χ0) is 14.0. The Labute approximate surface area is 119 Å². The van der Waals surface area contributed by atoms with Gasteiger partial charge in [0, 0.05) is 6.54 Å². The molecule has 1 unspecified atom stereocenters. The first-order chi connectivity index (χ1) is 9.06. The van der Waals surface area contributed by atoms with Crippen LogP contribution in [0.25, 0.3) is 0 Å². The van der Waals surface area contributed by atoms with E-state index in [1.165, 1.54) is 7.11 Å². The first-order valence-electron chi connectivity index (χ1n) is 6.03. The molecule has 0 saturated heterocycles. The van der Waals surface area contributed by atoms with Gasteiger partial charge < -0.3 is 20.3 Å². The third-order valence-electron chi connectivity index (χ3n) is 3.00. The molecule has 5 nitrogen and oxygen atoms in total. The fourth-order valence-corrected chi connectivity index (χ4v) is 2.34. The van der Waals surface area contributed by atoms with Gasteiger partial charge in [0.2, 0.25) is 0 Å². The van der Waals surface area contributed by atoms with Crippen molar-refractivity contribution in [1.82, 2.24) is 0 Å². The summed E-state index contributed by atoms with van der Waals surface area (Å²) in [4.78, 5) is 11.1. The van der Waals surface area contributed by atoms with Crippen molar-refractivity contribution in [1.29, 1.82) is 0 Å². The summed E-state index contributed by atoms with van der Waals surface area (Å²) in [5, 5.41) is 9.14. The molecule has 0 amide bonds. The van der Waals surface area contributed by atoms with Crippen LogP contribution >= 0.6 is 15.9 Å². The lowest BCUT2D eigenvalue weighted by Gasteiger charge is -2.16. The SMILES string of the molecule is COc1cc(C(CN)C(=O)O)cc(Br)c1OC1CC1. The number of halogens is 1. The highest BCUT2D eigenvalue weighted by Gasteiger charge is 2.27. The Morgan fingerprint density at radius 2 is 2.26 bits per heavy atom. The van der Waals surface area contributed by atoms with E-state index in [1.54, 1.807) is 12.1 Å². The number of carboxylic acid groups (broad SMARTS) is 1. The van der Waals surface area contributed by atoms with Crippen molar-refractivity contribution in [3.63, 3.8) is 0 Å². The zero-order valence-corrected chi connectivity index (χ0v) is 12.1. The van der Waals surface area contributed by atoms with Crippen molar-refractivity contribution in [2.75, 3.05) is 13.7 Å². The van der Waals surface area contributed by atoms with Crippen LogP contribution in [0.2, 0.25) is 0 Å². The van der Waals surface area contributed by atoms with E-state index in [0.29, 0.717) is 21.5 Å². The smallest absolute Gasteiger partial charge is 0.312 e. The van der Waals surface area contributed by atoms with Crippen LogP contribution in [0.15, 0.2) is 16.6 Å². The Bertz CT molecular complexity index is 488. The molecule has 6 heteroatoms. The minimum atomic E-state index is -0.952. The van der Waals surface area contributed by atoms with Crippen LogP contribution < -0.4 is 15.2 Å². The fraction of sp³-hybridized carbons (Fsp3) is 0.462. The van der Waals surface area contributed by atoms with Gasteiger partial charge in [-0.2, -0.15) is 0 Å². The lowest BCUT2D eigenvalue weighted by atomic mass is 9.99. The molecule has 0 radical (unpaired) electrons. The maximum atomic E-state index is 11.1. The van der Waals surface area contributed by atoms with Gasteiger partial charge in [-0.15, -0.1) is 0 Å². The molecule has 1 aromatic rings. The van der Waals surface area contributed by atoms with Gasteiger partial charge in [-0.3, -0.25) is 4.79 Å². The molecular weight excluding hydrogens is 314 g/mol. The highest BCUT2D eigenvalue weighted by Crippen LogP contribution is 2.41. The number of carbonyl (C=O) groups is 1. The molecule has 1 saturated carbocycles. The Kier molecular flexibility index (Phi) is 4.31. The molecule has 2 rings (SSSR count). The first-order valence-corrected chi connectivity index (χ1v) is 6.83. The Balaban J connectivity index is 2.36. The van der Waals surface area contributed by atoms with Gasteiger partial charge in [-0.25, -0.2) is 0 Å². The molecule has 1 fully saturated rings. The lowest BCUT2D eigenvalue weighted by molar-refractivity contribution is -0.138. The topological polar surface area (TPSA) is 81.8 Å². The van der Waals surface area contributed by atoms with Crippen LogP contribution in [0.1, 0.15) is 24.3 Å². The van der Waals surface area contributed by atoms with Gasteiger partial charge in [0.1, 0.15) is 0 Å². The average Bonchev–Trinajstić information content (AvgIpc) is 3.16. The van der Waals surface area contributed by atoms with Gasteiger partial charge in [-0.05, 0) is 46.5 Å². The van der Waals surface area contributed by atoms with Crippen molar-refractivity contribution in [3.05, 3.63) is 22.2 Å². The fourth-order valence-electron chi connectivity index (χ4n) is 1.79. The van der Waals surface area contributed by atoms with Crippen molar-refractivity contribution in [3.8, 4) is 11.5 Å². The van der Waals surface area contributed by atoms with E-state index >= 15 is 0 Å². The van der Waals surface area contributed by atoms with Gasteiger partial charge >= 0.3 is 5.97 Å². The van der Waals surface area contributed by atoms with E-state index in [9.17, 15) is 4.79 Å². The summed E-state index contributed by atoms with van der Waals surface area (Å²) in [5.41, 5.74) is 6.11. The molecule has 0 heterocycles. The summed E-state index contributed by atoms with van der Waals surface area (Å²) in [6.07, 6.45) is 2.32. The molecule has 104 valence electrons. The molecule has 1 aliphatic rings. The van der Waals surface area contributed by atoms with Crippen molar-refractivity contribution in [2.45, 2.75) is 24.9 Å². The third kappa shape index (κ3) is 3.19. The molecular formula is C13H16BrNO4. The standard InChI is InChI=1S/C13H16BrNO4/c1-18-11-5-7(9(6-15)13(16)17)4-10(14)12(11)19-8-2-3-8/h4-5,8-9H,2-3,6,15H2,1H3,(H,16,17). The monoisotopic (exact) mass is 329 g/mol. The second kappa shape index (κ2) is 5.79. The van der Waals surface area contributed by atoms with Crippen LogP contribution in [0.5, 0.6) is 11.5 Å². The molecule has 19 heavy (non-hydrogen) atoms. The second-order valence-electron chi connectivity index (χ2n) is 4.48. The van der Waals surface area contributed by atoms with E-state index in [-0.39, 0.29) is 12.6 Å². The molecule has 0 aliphatic heterocycles. The summed E-state index contributed by atoms with van der Waals surface area (Å²) in [6.45, 7) is 0.0355. The molecule has 3 N–H and O–H groups in total. The maximum Gasteiger partial charge on any atom is 0.312 e. The molecule has 1 aliphatic carbocycles. The minimum Gasteiger partial charge on any atom is -0.493 e. The van der Waals surface area contributed by atoms with Gasteiger partial charge in [-0.1, -0.05) is 0 Å². The summed E-state index contributed by atoms with van der Waals surface area (Å²) in [7, 11) is 1.53. The van der Waals surface area contributed by atoms with Gasteiger partial charge in [0.05, 0.1) is 23.6 Å². The van der Waals surface area contributed by atoms with E-state index in [2.05, 4.69) is 15.9 Å². The lowest BCUT2D eigenvalue weighted by Crippen LogP contribution is -2.21. The zero-order valence-electron chi connectivity index (χ0n) is 10.6. The van der Waals surface area contributed by atoms with Crippen molar-refractivity contribution >= 4 is 21.9 Å². The van der Waals surface area contributed by atoms with Crippen molar-refractivity contribution in [2.24, 2.45) is 5.73 Å². The number of nitrogens with two attached hydrogens (primary N) is 1. The maximum absolute atomic E-state index is 11.1. The van der Waals surface area contributed by atoms with E-state index < -0.39 is 11.9 Å². The number of carboxylic acids is 1. The van der Waals surface area contributed by atoms with Crippen molar-refractivity contribution < 1.29 is 19.4 Å². The predicted octanol–water partition coefficient (Wildman–Crippen LogP) is 2.13. The Morgan fingerprint density at radius 3 is 2.74 bits per heavy atom. The van der Waals surface area contributed by atoms with Crippen LogP contribution in [0.3, 0.4) is 0 Å². The molecule has 0 spiro atoms. The summed E-state index contributed by atoms with van der Waals surface area (Å²) >= 11 is 3.40. The van der Waals surface area contributed by atoms with Crippen LogP contribution in [0.4, 0.5) is 0 Å². The number of benzene rings is 1. The Hall–Kier alpha value is -1.27. The Morgan fingerprint density at radius 1 is 1.58 bits per heavy atom. The predicted molar refractivity (Wildman–Crippen MR) is 73.8 cm³/mol. The van der Waals surface area contributed by atoms with Crippen LogP contribution in [-0.4, -0.2) is 30.8 Å². The molecule has 1 atom stereocenters. The van der Waals surface area contributed by atoms with Crippen LogP contribution in [0, 0.1) is 0 Å². The van der Waals surface area contributed by atoms with E-state index in [4.69, 9.17) is 20.3 Å². The second-order valence-corrected chi connectivity index (χ2v) is 5.33. The summed E-state index contributed by atoms with van der Waals surface area (Å²) < 4.78 is 11.7. The number of hydrogen-bond acceptors (Lipinski definition) is 4. The highest BCUT2D eigenvalue weighted by molar-refractivity contribution is 9.10. The number of ether oxygens (including phenoxy) is 2. The first kappa shape index (κ1) is 14.1. The number of methoxy groups -OCH3 is 1. The molecule has 1 aromatic carbocycles. The van der Waals surface area contributed by atoms with Gasteiger partial charge in [0.25, 0.3) is 0 Å². The van der Waals surface area contributed by atoms with Crippen LogP contribution in [-0.2, 0) is 4.79 Å². The minimum absolute atomic E-state index is 0.0355. The number of hydrogen-bond donors (Lipinski definition) is 2. The largest absolute Gasteiger partial charge is 0.493 e. The summed E-state index contributed by atoms with van der Waals surface area (Å²) in [6, 6.07) is 3.40. The molecule has 0 bridgehead atoms. The quantitative estimate of drug-likeness (QED) is 0.835.